The molecule has 34 heavy (non-hydrogen) atoms. The Morgan fingerprint density at radius 3 is 2.56 bits per heavy atom. The summed E-state index contributed by atoms with van der Waals surface area (Å²) in [6, 6.07) is 13.4. The van der Waals surface area contributed by atoms with Crippen molar-refractivity contribution in [3.63, 3.8) is 0 Å². The molecule has 0 radical (unpaired) electrons. The Morgan fingerprint density at radius 2 is 1.82 bits per heavy atom. The maximum Gasteiger partial charge on any atom is 0.261 e. The van der Waals surface area contributed by atoms with Crippen LogP contribution in [0.15, 0.2) is 78.2 Å². The van der Waals surface area contributed by atoms with E-state index in [0.717, 1.165) is 18.2 Å². The molecular formula is C20H15FN10O2S. The van der Waals surface area contributed by atoms with E-state index in [0.29, 0.717) is 23.0 Å². The number of aromatic nitrogens is 8. The third-order valence-electron chi connectivity index (χ3n) is 4.64. The molecule has 0 atom stereocenters. The van der Waals surface area contributed by atoms with Gasteiger partial charge in [-0.05, 0) is 53.7 Å². The first-order valence-corrected chi connectivity index (χ1v) is 11.2. The summed E-state index contributed by atoms with van der Waals surface area (Å²) in [7, 11) is -4.00. The van der Waals surface area contributed by atoms with Crippen molar-refractivity contribution in [3.05, 3.63) is 79.1 Å². The van der Waals surface area contributed by atoms with Crippen LogP contribution in [-0.2, 0) is 10.0 Å². The van der Waals surface area contributed by atoms with E-state index in [1.165, 1.54) is 6.33 Å². The van der Waals surface area contributed by atoms with E-state index in [-0.39, 0.29) is 16.3 Å². The average molecular weight is 478 g/mol. The lowest BCUT2D eigenvalue weighted by Crippen LogP contribution is -2.13. The van der Waals surface area contributed by atoms with Gasteiger partial charge in [-0.25, -0.2) is 27.5 Å². The van der Waals surface area contributed by atoms with Gasteiger partial charge in [-0.2, -0.15) is 10.3 Å². The predicted octanol–water partition coefficient (Wildman–Crippen LogP) is 2.53. The molecule has 5 aromatic rings. The summed E-state index contributed by atoms with van der Waals surface area (Å²) in [5.41, 5.74) is 0.903. The van der Waals surface area contributed by atoms with Gasteiger partial charge in [-0.3, -0.25) is 4.72 Å². The summed E-state index contributed by atoms with van der Waals surface area (Å²) in [5.74, 6) is 0.405. The number of tetrazole rings is 1. The Balaban J connectivity index is 1.32. The van der Waals surface area contributed by atoms with Crippen molar-refractivity contribution < 1.29 is 12.8 Å². The number of H-pyrrole nitrogens is 1. The fourth-order valence-electron chi connectivity index (χ4n) is 3.05. The molecule has 0 fully saturated rings. The number of aromatic amines is 1. The average Bonchev–Trinajstić information content (AvgIpc) is 3.55. The quantitative estimate of drug-likeness (QED) is 0.320. The van der Waals surface area contributed by atoms with E-state index in [1.807, 2.05) is 0 Å². The summed E-state index contributed by atoms with van der Waals surface area (Å²) in [6.07, 6.45) is 4.82. The molecule has 0 saturated carbocycles. The molecule has 0 spiro atoms. The zero-order chi connectivity index (χ0) is 23.5. The fraction of sp³-hybridized carbons (Fsp3) is 0. The van der Waals surface area contributed by atoms with Crippen LogP contribution in [0.3, 0.4) is 0 Å². The highest BCUT2D eigenvalue weighted by Crippen LogP contribution is 2.25. The predicted molar refractivity (Wildman–Crippen MR) is 119 cm³/mol. The summed E-state index contributed by atoms with van der Waals surface area (Å²) in [6.45, 7) is 0. The molecule has 170 valence electrons. The van der Waals surface area contributed by atoms with Gasteiger partial charge in [-0.1, -0.05) is 0 Å². The van der Waals surface area contributed by atoms with Gasteiger partial charge in [0.05, 0.1) is 10.5 Å². The lowest BCUT2D eigenvalue weighted by Gasteiger charge is -2.11. The largest absolute Gasteiger partial charge is 0.340 e. The van der Waals surface area contributed by atoms with Gasteiger partial charge < -0.3 is 5.32 Å². The second-order valence-corrected chi connectivity index (χ2v) is 8.58. The standard InChI is InChI=1S/C20H15FN10O2S/c21-17-7-6-15(10-16(17)20-26-29-30-27-20)34(32,33)28-14-4-2-13(3-5-14)25-18-11-19(23-12-22-18)31-9-1-8-24-31/h1-12,28H,(H,22,23,25)(H,26,27,29,30). The SMILES string of the molecule is O=S(=O)(Nc1ccc(Nc2cc(-n3cccn3)ncn2)cc1)c1ccc(F)c(-c2nn[nH]n2)c1. The van der Waals surface area contributed by atoms with Crippen molar-refractivity contribution in [2.24, 2.45) is 0 Å². The smallest absolute Gasteiger partial charge is 0.261 e. The number of sulfonamides is 1. The Kier molecular flexibility index (Phi) is 5.39. The van der Waals surface area contributed by atoms with E-state index in [9.17, 15) is 12.8 Å². The highest BCUT2D eigenvalue weighted by molar-refractivity contribution is 7.92. The molecule has 0 bridgehead atoms. The third-order valence-corrected chi connectivity index (χ3v) is 6.01. The molecule has 12 nitrogen and oxygen atoms in total. The normalized spacial score (nSPS) is 11.3. The maximum absolute atomic E-state index is 14.1. The minimum absolute atomic E-state index is 0.0505. The summed E-state index contributed by atoms with van der Waals surface area (Å²) >= 11 is 0. The van der Waals surface area contributed by atoms with Crippen LogP contribution in [0.5, 0.6) is 0 Å². The van der Waals surface area contributed by atoms with Crippen LogP contribution in [-0.4, -0.2) is 48.8 Å². The minimum atomic E-state index is -4.00. The number of nitrogens with one attached hydrogen (secondary N) is 3. The van der Waals surface area contributed by atoms with Gasteiger partial charge in [0.15, 0.2) is 5.82 Å². The maximum atomic E-state index is 14.1. The minimum Gasteiger partial charge on any atom is -0.340 e. The van der Waals surface area contributed by atoms with Crippen LogP contribution >= 0.6 is 0 Å². The number of hydrogen-bond acceptors (Lipinski definition) is 9. The third kappa shape index (κ3) is 4.42. The first kappa shape index (κ1) is 21.1. The first-order chi connectivity index (χ1) is 16.5. The van der Waals surface area contributed by atoms with Crippen LogP contribution in [0.2, 0.25) is 0 Å². The topological polar surface area (TPSA) is 156 Å². The molecule has 0 aliphatic heterocycles. The van der Waals surface area contributed by atoms with Crippen LogP contribution < -0.4 is 10.0 Å². The van der Waals surface area contributed by atoms with Crippen molar-refractivity contribution in [2.75, 3.05) is 10.0 Å². The number of halogens is 1. The second kappa shape index (κ2) is 8.67. The Bertz CT molecular complexity index is 1520. The molecule has 0 amide bonds. The summed E-state index contributed by atoms with van der Waals surface area (Å²) in [5, 5.41) is 20.2. The lowest BCUT2D eigenvalue weighted by molar-refractivity contribution is 0.600. The van der Waals surface area contributed by atoms with Gasteiger partial charge in [-0.15, -0.1) is 10.2 Å². The van der Waals surface area contributed by atoms with Crippen molar-refractivity contribution in [2.45, 2.75) is 4.90 Å². The highest BCUT2D eigenvalue weighted by atomic mass is 32.2. The molecule has 0 aliphatic carbocycles. The zero-order valence-electron chi connectivity index (χ0n) is 17.2. The van der Waals surface area contributed by atoms with Gasteiger partial charge in [0.1, 0.15) is 18.0 Å². The number of nitrogens with zero attached hydrogens (tertiary/aromatic N) is 7. The number of hydrogen-bond donors (Lipinski definition) is 3. The number of rotatable bonds is 7. The van der Waals surface area contributed by atoms with Crippen molar-refractivity contribution in [1.29, 1.82) is 0 Å². The van der Waals surface area contributed by atoms with Gasteiger partial charge in [0.25, 0.3) is 10.0 Å². The van der Waals surface area contributed by atoms with Crippen molar-refractivity contribution >= 4 is 27.2 Å². The molecule has 3 heterocycles. The van der Waals surface area contributed by atoms with E-state index in [1.54, 1.807) is 53.5 Å². The monoisotopic (exact) mass is 478 g/mol. The molecule has 14 heteroatoms. The zero-order valence-corrected chi connectivity index (χ0v) is 18.0. The molecule has 5 rings (SSSR count). The van der Waals surface area contributed by atoms with E-state index in [4.69, 9.17) is 0 Å². The summed E-state index contributed by atoms with van der Waals surface area (Å²) < 4.78 is 43.8. The molecule has 2 aromatic carbocycles. The van der Waals surface area contributed by atoms with Crippen LogP contribution in [0.4, 0.5) is 21.6 Å². The molecule has 0 unspecified atom stereocenters. The second-order valence-electron chi connectivity index (χ2n) is 6.90. The Morgan fingerprint density at radius 1 is 1.00 bits per heavy atom. The Labute approximate surface area is 192 Å². The van der Waals surface area contributed by atoms with Crippen molar-refractivity contribution in [1.82, 2.24) is 40.4 Å². The van der Waals surface area contributed by atoms with Gasteiger partial charge in [0, 0.05) is 29.8 Å². The van der Waals surface area contributed by atoms with Crippen LogP contribution in [0, 0.1) is 5.82 Å². The lowest BCUT2D eigenvalue weighted by atomic mass is 10.2. The molecule has 3 aromatic heterocycles. The van der Waals surface area contributed by atoms with E-state index < -0.39 is 15.8 Å². The van der Waals surface area contributed by atoms with Crippen molar-refractivity contribution in [3.8, 4) is 17.2 Å². The highest BCUT2D eigenvalue weighted by Gasteiger charge is 2.19. The number of benzene rings is 2. The van der Waals surface area contributed by atoms with Gasteiger partial charge >= 0.3 is 0 Å². The van der Waals surface area contributed by atoms with E-state index >= 15 is 0 Å². The molecular weight excluding hydrogens is 463 g/mol. The van der Waals surface area contributed by atoms with E-state index in [2.05, 4.69) is 45.7 Å². The first-order valence-electron chi connectivity index (χ1n) is 9.73. The molecule has 0 aliphatic rings. The molecule has 0 saturated heterocycles. The molecule has 3 N–H and O–H groups in total. The fourth-order valence-corrected chi connectivity index (χ4v) is 4.13. The Hall–Kier alpha value is -4.72. The number of anilines is 3. The summed E-state index contributed by atoms with van der Waals surface area (Å²) in [4.78, 5) is 8.20. The van der Waals surface area contributed by atoms with Crippen LogP contribution in [0.25, 0.3) is 17.2 Å². The van der Waals surface area contributed by atoms with Gasteiger partial charge in [0.2, 0.25) is 5.82 Å². The van der Waals surface area contributed by atoms with Crippen LogP contribution in [0.1, 0.15) is 0 Å².